The maximum Gasteiger partial charge on any atom is 0.317 e. The van der Waals surface area contributed by atoms with E-state index < -0.39 is 5.60 Å². The molecular weight excluding hydrogens is 228 g/mol. The summed E-state index contributed by atoms with van der Waals surface area (Å²) in [5, 5.41) is 11.0. The minimum absolute atomic E-state index is 0.237. The van der Waals surface area contributed by atoms with Crippen LogP contribution in [0.15, 0.2) is 24.3 Å². The summed E-state index contributed by atoms with van der Waals surface area (Å²) in [5.74, 6) is 0.539. The van der Waals surface area contributed by atoms with E-state index in [1.165, 1.54) is 6.42 Å². The van der Waals surface area contributed by atoms with Crippen LogP contribution in [0.4, 0.5) is 0 Å². The van der Waals surface area contributed by atoms with Crippen molar-refractivity contribution in [2.75, 3.05) is 0 Å². The summed E-state index contributed by atoms with van der Waals surface area (Å²) in [6.07, 6.45) is 4.41. The molecule has 1 aromatic rings. The number of esters is 1. The van der Waals surface area contributed by atoms with Crippen LogP contribution in [-0.2, 0) is 10.4 Å². The highest BCUT2D eigenvalue weighted by Crippen LogP contribution is 2.64. The van der Waals surface area contributed by atoms with Crippen LogP contribution in [0.25, 0.3) is 0 Å². The number of hydrogen-bond donors (Lipinski definition) is 1. The van der Waals surface area contributed by atoms with Crippen molar-refractivity contribution in [1.82, 2.24) is 0 Å². The zero-order valence-corrected chi connectivity index (χ0v) is 10.1. The quantitative estimate of drug-likeness (QED) is 0.562. The number of aliphatic hydroxyl groups is 1. The SMILES string of the molecule is O=C1Oc2ccccc2[C@]2(O)[C@H]3CCCC[C@@H]3[C@H]12. The second kappa shape index (κ2) is 3.35. The molecule has 2 saturated carbocycles. The number of fused-ring (bicyclic) bond motifs is 6. The lowest BCUT2D eigenvalue weighted by Gasteiger charge is -2.61. The molecule has 2 aliphatic carbocycles. The van der Waals surface area contributed by atoms with Crippen LogP contribution in [0, 0.1) is 17.8 Å². The number of carbonyl (C=O) groups excluding carboxylic acids is 1. The Balaban J connectivity index is 1.86. The van der Waals surface area contributed by atoms with E-state index in [0.717, 1.165) is 24.8 Å². The van der Waals surface area contributed by atoms with Crippen LogP contribution in [0.2, 0.25) is 0 Å². The van der Waals surface area contributed by atoms with Crippen molar-refractivity contribution in [3.63, 3.8) is 0 Å². The van der Waals surface area contributed by atoms with Crippen molar-refractivity contribution in [2.45, 2.75) is 31.3 Å². The summed E-state index contributed by atoms with van der Waals surface area (Å²) >= 11 is 0. The van der Waals surface area contributed by atoms with Crippen LogP contribution < -0.4 is 4.74 Å². The summed E-state index contributed by atoms with van der Waals surface area (Å²) in [6, 6.07) is 7.42. The fraction of sp³-hybridized carbons (Fsp3) is 0.533. The van der Waals surface area contributed by atoms with E-state index >= 15 is 0 Å². The summed E-state index contributed by atoms with van der Waals surface area (Å²) < 4.78 is 5.38. The van der Waals surface area contributed by atoms with Crippen LogP contribution in [-0.4, -0.2) is 11.1 Å². The highest BCUT2D eigenvalue weighted by molar-refractivity contribution is 5.82. The number of para-hydroxylation sites is 1. The van der Waals surface area contributed by atoms with E-state index in [1.807, 2.05) is 18.2 Å². The van der Waals surface area contributed by atoms with Gasteiger partial charge in [0.25, 0.3) is 0 Å². The first kappa shape index (κ1) is 10.6. The van der Waals surface area contributed by atoms with Crippen LogP contribution in [0.5, 0.6) is 5.75 Å². The average Bonchev–Trinajstić information content (AvgIpc) is 2.37. The third-order valence-corrected chi connectivity index (χ3v) is 5.07. The van der Waals surface area contributed by atoms with E-state index in [4.69, 9.17) is 4.74 Å². The molecule has 0 spiro atoms. The molecule has 0 aromatic heterocycles. The first-order valence-electron chi connectivity index (χ1n) is 6.76. The van der Waals surface area contributed by atoms with Crippen LogP contribution in [0.3, 0.4) is 0 Å². The molecule has 18 heavy (non-hydrogen) atoms. The number of benzene rings is 1. The van der Waals surface area contributed by atoms with Gasteiger partial charge in [-0.2, -0.15) is 0 Å². The number of carbonyl (C=O) groups is 1. The first-order valence-corrected chi connectivity index (χ1v) is 6.76. The van der Waals surface area contributed by atoms with Crippen molar-refractivity contribution in [1.29, 1.82) is 0 Å². The Morgan fingerprint density at radius 2 is 2.00 bits per heavy atom. The van der Waals surface area contributed by atoms with Crippen molar-refractivity contribution in [3.05, 3.63) is 29.8 Å². The highest BCUT2D eigenvalue weighted by Gasteiger charge is 2.68. The third-order valence-electron chi connectivity index (χ3n) is 5.07. The molecule has 4 atom stereocenters. The van der Waals surface area contributed by atoms with Gasteiger partial charge in [-0.25, -0.2) is 0 Å². The standard InChI is InChI=1S/C15H16O3/c16-14-13-9-5-1-2-6-10(9)15(13,17)11-7-3-4-8-12(11)18-14/h3-4,7-10,13,17H,1-2,5-6H2/t9-,10-,13+,15+/m0/s1. The Bertz CT molecular complexity index is 524. The second-order valence-electron chi connectivity index (χ2n) is 5.78. The molecule has 0 saturated heterocycles. The molecule has 0 amide bonds. The van der Waals surface area contributed by atoms with Gasteiger partial charge in [-0.3, -0.25) is 4.79 Å². The average molecular weight is 244 g/mol. The van der Waals surface area contributed by atoms with Gasteiger partial charge in [0.05, 0.1) is 5.92 Å². The fourth-order valence-corrected chi connectivity index (χ4v) is 4.32. The smallest absolute Gasteiger partial charge is 0.317 e. The molecule has 1 N–H and O–H groups in total. The van der Waals surface area contributed by atoms with Gasteiger partial charge in [0.1, 0.15) is 11.4 Å². The lowest BCUT2D eigenvalue weighted by Crippen LogP contribution is -2.66. The Labute approximate surface area is 106 Å². The third kappa shape index (κ3) is 1.06. The molecule has 0 unspecified atom stereocenters. The molecule has 1 aromatic carbocycles. The fourth-order valence-electron chi connectivity index (χ4n) is 4.32. The Morgan fingerprint density at radius 1 is 1.22 bits per heavy atom. The molecular formula is C15H16O3. The van der Waals surface area contributed by atoms with Gasteiger partial charge >= 0.3 is 5.97 Å². The van der Waals surface area contributed by atoms with Gasteiger partial charge < -0.3 is 9.84 Å². The maximum absolute atomic E-state index is 12.1. The van der Waals surface area contributed by atoms with Crippen molar-refractivity contribution < 1.29 is 14.6 Å². The summed E-state index contributed by atoms with van der Waals surface area (Å²) in [4.78, 5) is 12.1. The molecule has 3 heteroatoms. The lowest BCUT2D eigenvalue weighted by molar-refractivity contribution is -0.234. The first-order chi connectivity index (χ1) is 8.73. The zero-order valence-electron chi connectivity index (χ0n) is 10.1. The monoisotopic (exact) mass is 244 g/mol. The number of hydrogen-bond acceptors (Lipinski definition) is 3. The van der Waals surface area contributed by atoms with E-state index in [-0.39, 0.29) is 17.8 Å². The van der Waals surface area contributed by atoms with Gasteiger partial charge in [-0.05, 0) is 30.7 Å². The normalized spacial score (nSPS) is 40.9. The van der Waals surface area contributed by atoms with E-state index in [1.54, 1.807) is 6.07 Å². The van der Waals surface area contributed by atoms with Gasteiger partial charge in [-0.1, -0.05) is 31.0 Å². The summed E-state index contributed by atoms with van der Waals surface area (Å²) in [7, 11) is 0. The number of ether oxygens (including phenoxy) is 1. The second-order valence-corrected chi connectivity index (χ2v) is 5.78. The van der Waals surface area contributed by atoms with E-state index in [0.29, 0.717) is 11.7 Å². The van der Waals surface area contributed by atoms with Crippen molar-refractivity contribution in [2.24, 2.45) is 17.8 Å². The summed E-state index contributed by atoms with van der Waals surface area (Å²) in [5.41, 5.74) is -0.144. The van der Waals surface area contributed by atoms with Gasteiger partial charge in [0.2, 0.25) is 0 Å². The van der Waals surface area contributed by atoms with E-state index in [2.05, 4.69) is 0 Å². The Kier molecular flexibility index (Phi) is 1.97. The molecule has 3 nitrogen and oxygen atoms in total. The van der Waals surface area contributed by atoms with Crippen molar-refractivity contribution in [3.8, 4) is 5.75 Å². The topological polar surface area (TPSA) is 46.5 Å². The summed E-state index contributed by atoms with van der Waals surface area (Å²) in [6.45, 7) is 0. The van der Waals surface area contributed by atoms with Crippen LogP contribution in [0.1, 0.15) is 31.2 Å². The molecule has 2 fully saturated rings. The molecule has 0 radical (unpaired) electrons. The minimum Gasteiger partial charge on any atom is -0.426 e. The lowest BCUT2D eigenvalue weighted by atomic mass is 9.46. The number of rotatable bonds is 0. The Morgan fingerprint density at radius 3 is 2.89 bits per heavy atom. The highest BCUT2D eigenvalue weighted by atomic mass is 16.5. The molecule has 3 aliphatic rings. The molecule has 1 heterocycles. The molecule has 0 bridgehead atoms. The predicted molar refractivity (Wildman–Crippen MR) is 64.9 cm³/mol. The van der Waals surface area contributed by atoms with Crippen molar-refractivity contribution >= 4 is 5.97 Å². The van der Waals surface area contributed by atoms with Gasteiger partial charge in [0.15, 0.2) is 0 Å². The predicted octanol–water partition coefficient (Wildman–Crippen LogP) is 2.23. The Hall–Kier alpha value is -1.35. The van der Waals surface area contributed by atoms with E-state index in [9.17, 15) is 9.90 Å². The van der Waals surface area contributed by atoms with Gasteiger partial charge in [-0.15, -0.1) is 0 Å². The molecule has 1 aliphatic heterocycles. The van der Waals surface area contributed by atoms with Gasteiger partial charge in [0, 0.05) is 5.56 Å². The maximum atomic E-state index is 12.1. The van der Waals surface area contributed by atoms with Crippen LogP contribution >= 0.6 is 0 Å². The molecule has 94 valence electrons. The minimum atomic E-state index is -0.961. The largest absolute Gasteiger partial charge is 0.426 e. The zero-order chi connectivity index (χ0) is 12.3. The molecule has 4 rings (SSSR count).